The second-order valence-corrected chi connectivity index (χ2v) is 6.49. The van der Waals surface area contributed by atoms with Crippen molar-refractivity contribution >= 4 is 11.3 Å². The van der Waals surface area contributed by atoms with E-state index in [0.717, 1.165) is 25.3 Å². The molecule has 0 aliphatic carbocycles. The summed E-state index contributed by atoms with van der Waals surface area (Å²) in [6.45, 7) is 9.34. The standard InChI is InChI=1S/C14H20N4O2S/c1-9(2)14-16-11(8-21-14)6-18-4-5-19-12(7-18)13-15-10(3)20-17-13/h8-9,12H,4-7H2,1-3H3. The highest BCUT2D eigenvalue weighted by Crippen LogP contribution is 2.23. The summed E-state index contributed by atoms with van der Waals surface area (Å²) in [6.07, 6.45) is -0.112. The molecule has 0 spiro atoms. The summed E-state index contributed by atoms with van der Waals surface area (Å²) in [5.74, 6) is 1.70. The van der Waals surface area contributed by atoms with Crippen molar-refractivity contribution in [2.45, 2.75) is 39.3 Å². The van der Waals surface area contributed by atoms with Crippen molar-refractivity contribution in [1.82, 2.24) is 20.0 Å². The van der Waals surface area contributed by atoms with E-state index in [-0.39, 0.29) is 6.10 Å². The zero-order valence-corrected chi connectivity index (χ0v) is 13.4. The van der Waals surface area contributed by atoms with E-state index in [1.807, 2.05) is 0 Å². The van der Waals surface area contributed by atoms with Gasteiger partial charge in [0.1, 0.15) is 6.10 Å². The predicted molar refractivity (Wildman–Crippen MR) is 79.2 cm³/mol. The van der Waals surface area contributed by atoms with E-state index in [4.69, 9.17) is 14.2 Å². The van der Waals surface area contributed by atoms with E-state index < -0.39 is 0 Å². The van der Waals surface area contributed by atoms with Crippen LogP contribution >= 0.6 is 11.3 Å². The average molecular weight is 308 g/mol. The largest absolute Gasteiger partial charge is 0.367 e. The summed E-state index contributed by atoms with van der Waals surface area (Å²) in [6, 6.07) is 0. The first-order chi connectivity index (χ1) is 10.1. The Bertz CT molecular complexity index is 595. The molecule has 0 N–H and O–H groups in total. The second-order valence-electron chi connectivity index (χ2n) is 5.60. The van der Waals surface area contributed by atoms with Gasteiger partial charge in [-0.3, -0.25) is 4.90 Å². The summed E-state index contributed by atoms with van der Waals surface area (Å²) in [5.41, 5.74) is 1.13. The minimum atomic E-state index is -0.112. The summed E-state index contributed by atoms with van der Waals surface area (Å²) in [4.78, 5) is 11.3. The van der Waals surface area contributed by atoms with Gasteiger partial charge in [0.25, 0.3) is 0 Å². The molecular formula is C14H20N4O2S. The van der Waals surface area contributed by atoms with Gasteiger partial charge in [0, 0.05) is 37.9 Å². The highest BCUT2D eigenvalue weighted by molar-refractivity contribution is 7.09. The number of aromatic nitrogens is 3. The second kappa shape index (κ2) is 6.21. The van der Waals surface area contributed by atoms with E-state index in [9.17, 15) is 0 Å². The molecule has 0 aromatic carbocycles. The van der Waals surface area contributed by atoms with Crippen molar-refractivity contribution < 1.29 is 9.26 Å². The molecule has 3 rings (SSSR count). The van der Waals surface area contributed by atoms with E-state index in [0.29, 0.717) is 24.2 Å². The lowest BCUT2D eigenvalue weighted by Crippen LogP contribution is -2.38. The molecule has 0 saturated carbocycles. The maximum absolute atomic E-state index is 5.74. The van der Waals surface area contributed by atoms with Crippen molar-refractivity contribution in [3.63, 3.8) is 0 Å². The fourth-order valence-electron chi connectivity index (χ4n) is 2.34. The molecule has 0 radical (unpaired) electrons. The van der Waals surface area contributed by atoms with Crippen LogP contribution in [0, 0.1) is 6.92 Å². The van der Waals surface area contributed by atoms with Crippen LogP contribution in [0.25, 0.3) is 0 Å². The van der Waals surface area contributed by atoms with Crippen LogP contribution < -0.4 is 0 Å². The van der Waals surface area contributed by atoms with Gasteiger partial charge in [0.15, 0.2) is 0 Å². The summed E-state index contributed by atoms with van der Waals surface area (Å²) in [5, 5.41) is 7.31. The number of rotatable bonds is 4. The topological polar surface area (TPSA) is 64.3 Å². The number of aryl methyl sites for hydroxylation is 1. The van der Waals surface area contributed by atoms with Crippen LogP contribution in [0.4, 0.5) is 0 Å². The fourth-order valence-corrected chi connectivity index (χ4v) is 3.16. The lowest BCUT2D eigenvalue weighted by Gasteiger charge is -2.30. The number of morpholine rings is 1. The van der Waals surface area contributed by atoms with E-state index in [1.165, 1.54) is 5.01 Å². The highest BCUT2D eigenvalue weighted by atomic mass is 32.1. The van der Waals surface area contributed by atoms with Crippen LogP contribution in [0.2, 0.25) is 0 Å². The zero-order valence-electron chi connectivity index (χ0n) is 12.6. The summed E-state index contributed by atoms with van der Waals surface area (Å²) in [7, 11) is 0. The Kier molecular flexibility index (Phi) is 4.32. The van der Waals surface area contributed by atoms with Crippen molar-refractivity contribution in [1.29, 1.82) is 0 Å². The number of nitrogens with zero attached hydrogens (tertiary/aromatic N) is 4. The SMILES string of the molecule is Cc1nc(C2CN(Cc3csc(C(C)C)n3)CCO2)no1. The van der Waals surface area contributed by atoms with Crippen LogP contribution in [0.15, 0.2) is 9.90 Å². The summed E-state index contributed by atoms with van der Waals surface area (Å²) >= 11 is 1.74. The monoisotopic (exact) mass is 308 g/mol. The van der Waals surface area contributed by atoms with Crippen molar-refractivity contribution in [3.8, 4) is 0 Å². The van der Waals surface area contributed by atoms with Crippen molar-refractivity contribution in [2.75, 3.05) is 19.7 Å². The van der Waals surface area contributed by atoms with E-state index in [1.54, 1.807) is 18.3 Å². The van der Waals surface area contributed by atoms with Gasteiger partial charge in [-0.05, 0) is 0 Å². The van der Waals surface area contributed by atoms with E-state index in [2.05, 4.69) is 34.3 Å². The third-order valence-corrected chi connectivity index (χ3v) is 4.62. The molecule has 2 aromatic heterocycles. The molecule has 21 heavy (non-hydrogen) atoms. The smallest absolute Gasteiger partial charge is 0.223 e. The molecule has 114 valence electrons. The summed E-state index contributed by atoms with van der Waals surface area (Å²) < 4.78 is 10.8. The Labute approximate surface area is 128 Å². The Balaban J connectivity index is 1.63. The van der Waals surface area contributed by atoms with Gasteiger partial charge in [-0.25, -0.2) is 4.98 Å². The van der Waals surface area contributed by atoms with Crippen molar-refractivity contribution in [2.24, 2.45) is 0 Å². The molecule has 3 heterocycles. The molecule has 7 heteroatoms. The third kappa shape index (κ3) is 3.48. The minimum Gasteiger partial charge on any atom is -0.367 e. The van der Waals surface area contributed by atoms with Gasteiger partial charge in [0.05, 0.1) is 17.3 Å². The molecule has 0 amide bonds. The molecule has 1 fully saturated rings. The number of hydrogen-bond donors (Lipinski definition) is 0. The molecule has 1 atom stereocenters. The van der Waals surface area contributed by atoms with Gasteiger partial charge in [-0.1, -0.05) is 19.0 Å². The molecule has 1 saturated heterocycles. The first-order valence-electron chi connectivity index (χ1n) is 7.20. The maximum Gasteiger partial charge on any atom is 0.223 e. The molecule has 1 aliphatic rings. The lowest BCUT2D eigenvalue weighted by atomic mass is 10.2. The highest BCUT2D eigenvalue weighted by Gasteiger charge is 2.26. The Hall–Kier alpha value is -1.31. The van der Waals surface area contributed by atoms with Crippen LogP contribution in [0.1, 0.15) is 48.3 Å². The molecule has 0 bridgehead atoms. The van der Waals surface area contributed by atoms with Crippen LogP contribution in [-0.4, -0.2) is 39.7 Å². The fraction of sp³-hybridized carbons (Fsp3) is 0.643. The number of ether oxygens (including phenoxy) is 1. The quantitative estimate of drug-likeness (QED) is 0.865. The third-order valence-electron chi connectivity index (χ3n) is 3.43. The number of thiazole rings is 1. The Morgan fingerprint density at radius 3 is 2.95 bits per heavy atom. The average Bonchev–Trinajstić information content (AvgIpc) is 3.08. The minimum absolute atomic E-state index is 0.112. The molecular weight excluding hydrogens is 288 g/mol. The van der Waals surface area contributed by atoms with E-state index >= 15 is 0 Å². The zero-order chi connectivity index (χ0) is 14.8. The van der Waals surface area contributed by atoms with Crippen LogP contribution in [0.3, 0.4) is 0 Å². The Morgan fingerprint density at radius 1 is 1.43 bits per heavy atom. The van der Waals surface area contributed by atoms with Crippen LogP contribution in [-0.2, 0) is 11.3 Å². The molecule has 2 aromatic rings. The first-order valence-corrected chi connectivity index (χ1v) is 8.08. The van der Waals surface area contributed by atoms with Crippen molar-refractivity contribution in [3.05, 3.63) is 27.8 Å². The molecule has 6 nitrogen and oxygen atoms in total. The number of hydrogen-bond acceptors (Lipinski definition) is 7. The van der Waals surface area contributed by atoms with Crippen LogP contribution in [0.5, 0.6) is 0 Å². The lowest BCUT2D eigenvalue weighted by molar-refractivity contribution is -0.0383. The van der Waals surface area contributed by atoms with Gasteiger partial charge in [-0.15, -0.1) is 11.3 Å². The molecule has 1 aliphatic heterocycles. The first kappa shape index (κ1) is 14.6. The maximum atomic E-state index is 5.74. The van der Waals surface area contributed by atoms with Gasteiger partial charge in [-0.2, -0.15) is 4.98 Å². The predicted octanol–water partition coefficient (Wildman–Crippen LogP) is 2.53. The van der Waals surface area contributed by atoms with Gasteiger partial charge < -0.3 is 9.26 Å². The normalized spacial score (nSPS) is 20.3. The Morgan fingerprint density at radius 2 is 2.29 bits per heavy atom. The van der Waals surface area contributed by atoms with Gasteiger partial charge in [0.2, 0.25) is 11.7 Å². The molecule has 1 unspecified atom stereocenters. The van der Waals surface area contributed by atoms with Gasteiger partial charge >= 0.3 is 0 Å².